The first kappa shape index (κ1) is 15.7. The summed E-state index contributed by atoms with van der Waals surface area (Å²) < 4.78 is 0. The molecular weight excluding hydrogens is 308 g/mol. The van der Waals surface area contributed by atoms with E-state index in [2.05, 4.69) is 10.6 Å². The molecule has 1 aromatic heterocycles. The van der Waals surface area contributed by atoms with Gasteiger partial charge in [-0.2, -0.15) is 0 Å². The van der Waals surface area contributed by atoms with Crippen molar-refractivity contribution in [3.63, 3.8) is 0 Å². The Morgan fingerprint density at radius 1 is 1.17 bits per heavy atom. The Kier molecular flexibility index (Phi) is 4.48. The summed E-state index contributed by atoms with van der Waals surface area (Å²) in [5.41, 5.74) is 3.16. The minimum atomic E-state index is -0.0947. The van der Waals surface area contributed by atoms with Crippen LogP contribution in [0.1, 0.15) is 39.2 Å². The molecule has 2 amide bonds. The zero-order valence-electron chi connectivity index (χ0n) is 13.3. The van der Waals surface area contributed by atoms with Gasteiger partial charge < -0.3 is 10.6 Å². The summed E-state index contributed by atoms with van der Waals surface area (Å²) in [6, 6.07) is 9.87. The highest BCUT2D eigenvalue weighted by atomic mass is 32.1. The molecule has 1 aromatic carbocycles. The third-order valence-electron chi connectivity index (χ3n) is 4.02. The third kappa shape index (κ3) is 3.79. The molecular formula is C18H20N2O2S. The lowest BCUT2D eigenvalue weighted by Crippen LogP contribution is -2.22. The molecule has 2 aromatic rings. The number of carbonyl (C=O) groups excluding carboxylic acids is 2. The van der Waals surface area contributed by atoms with Crippen LogP contribution in [0.3, 0.4) is 0 Å². The maximum Gasteiger partial charge on any atom is 0.261 e. The molecule has 0 radical (unpaired) electrons. The highest BCUT2D eigenvalue weighted by molar-refractivity contribution is 7.18. The molecule has 23 heavy (non-hydrogen) atoms. The van der Waals surface area contributed by atoms with Crippen LogP contribution < -0.4 is 10.6 Å². The summed E-state index contributed by atoms with van der Waals surface area (Å²) in [4.78, 5) is 24.8. The lowest BCUT2D eigenvalue weighted by atomic mass is 10.1. The zero-order chi connectivity index (χ0) is 16.4. The van der Waals surface area contributed by atoms with E-state index in [0.717, 1.165) is 34.5 Å². The van der Waals surface area contributed by atoms with Gasteiger partial charge in [0.2, 0.25) is 5.91 Å². The predicted octanol–water partition coefficient (Wildman–Crippen LogP) is 3.64. The average molecular weight is 328 g/mol. The van der Waals surface area contributed by atoms with Crippen molar-refractivity contribution in [3.05, 3.63) is 51.9 Å². The van der Waals surface area contributed by atoms with Crippen molar-refractivity contribution in [3.8, 4) is 0 Å². The molecule has 1 fully saturated rings. The van der Waals surface area contributed by atoms with Crippen LogP contribution in [0.25, 0.3) is 0 Å². The minimum absolute atomic E-state index is 0.0677. The van der Waals surface area contributed by atoms with Crippen molar-refractivity contribution in [2.24, 2.45) is 5.92 Å². The van der Waals surface area contributed by atoms with E-state index in [-0.39, 0.29) is 17.7 Å². The number of aryl methyl sites for hydroxylation is 2. The third-order valence-corrected chi connectivity index (χ3v) is 5.17. The Morgan fingerprint density at radius 2 is 1.91 bits per heavy atom. The van der Waals surface area contributed by atoms with Gasteiger partial charge in [0.15, 0.2) is 0 Å². The molecule has 5 heteroatoms. The van der Waals surface area contributed by atoms with Crippen molar-refractivity contribution in [1.29, 1.82) is 0 Å². The van der Waals surface area contributed by atoms with Gasteiger partial charge in [-0.15, -0.1) is 11.3 Å². The van der Waals surface area contributed by atoms with Crippen molar-refractivity contribution in [1.82, 2.24) is 5.32 Å². The molecule has 1 aliphatic rings. The van der Waals surface area contributed by atoms with E-state index in [1.165, 1.54) is 11.3 Å². The van der Waals surface area contributed by atoms with Gasteiger partial charge in [-0.25, -0.2) is 0 Å². The number of rotatable bonds is 5. The fourth-order valence-electron chi connectivity index (χ4n) is 2.40. The first-order chi connectivity index (χ1) is 11.0. The fraction of sp³-hybridized carbons (Fsp3) is 0.333. The number of hydrogen-bond acceptors (Lipinski definition) is 3. The van der Waals surface area contributed by atoms with Gasteiger partial charge in [-0.3, -0.25) is 9.59 Å². The summed E-state index contributed by atoms with van der Waals surface area (Å²) >= 11 is 1.34. The highest BCUT2D eigenvalue weighted by Crippen LogP contribution is 2.32. The molecule has 4 nitrogen and oxygen atoms in total. The van der Waals surface area contributed by atoms with Crippen LogP contribution in [-0.4, -0.2) is 11.8 Å². The molecule has 120 valence electrons. The van der Waals surface area contributed by atoms with Gasteiger partial charge in [0.25, 0.3) is 5.91 Å². The summed E-state index contributed by atoms with van der Waals surface area (Å²) in [5.74, 6) is 0.136. The molecule has 0 aliphatic heterocycles. The first-order valence-corrected chi connectivity index (χ1v) is 8.60. The molecule has 0 bridgehead atoms. The van der Waals surface area contributed by atoms with Crippen LogP contribution in [0, 0.1) is 19.8 Å². The molecule has 3 rings (SSSR count). The first-order valence-electron chi connectivity index (χ1n) is 7.78. The maximum absolute atomic E-state index is 12.4. The quantitative estimate of drug-likeness (QED) is 0.880. The van der Waals surface area contributed by atoms with Crippen LogP contribution in [0.5, 0.6) is 0 Å². The molecule has 0 spiro atoms. The number of amides is 2. The molecule has 0 atom stereocenters. The lowest BCUT2D eigenvalue weighted by molar-refractivity contribution is -0.117. The normalized spacial score (nSPS) is 13.7. The van der Waals surface area contributed by atoms with Gasteiger partial charge in [0.1, 0.15) is 0 Å². The van der Waals surface area contributed by atoms with E-state index in [9.17, 15) is 9.59 Å². The Bertz CT molecular complexity index is 747. The smallest absolute Gasteiger partial charge is 0.261 e. The van der Waals surface area contributed by atoms with E-state index in [0.29, 0.717) is 11.4 Å². The van der Waals surface area contributed by atoms with Crippen LogP contribution in [0.15, 0.2) is 30.3 Å². The number of hydrogen-bond donors (Lipinski definition) is 2. The zero-order valence-corrected chi connectivity index (χ0v) is 14.1. The topological polar surface area (TPSA) is 58.2 Å². The van der Waals surface area contributed by atoms with Gasteiger partial charge in [-0.05, 0) is 49.4 Å². The highest BCUT2D eigenvalue weighted by Gasteiger charge is 2.30. The summed E-state index contributed by atoms with van der Waals surface area (Å²) in [7, 11) is 0. The Balaban J connectivity index is 1.64. The number of anilines is 1. The predicted molar refractivity (Wildman–Crippen MR) is 92.8 cm³/mol. The maximum atomic E-state index is 12.4. The van der Waals surface area contributed by atoms with Gasteiger partial charge in [0.05, 0.1) is 9.88 Å². The van der Waals surface area contributed by atoms with Crippen molar-refractivity contribution in [2.45, 2.75) is 33.2 Å². The van der Waals surface area contributed by atoms with Crippen molar-refractivity contribution < 1.29 is 9.59 Å². The van der Waals surface area contributed by atoms with E-state index >= 15 is 0 Å². The van der Waals surface area contributed by atoms with E-state index in [1.54, 1.807) is 0 Å². The summed E-state index contributed by atoms with van der Waals surface area (Å²) in [6.07, 6.45) is 1.94. The molecule has 2 N–H and O–H groups in total. The molecule has 1 aliphatic carbocycles. The largest absolute Gasteiger partial charge is 0.347 e. The Hall–Kier alpha value is -2.14. The molecule has 0 saturated heterocycles. The average Bonchev–Trinajstić information content (AvgIpc) is 3.31. The van der Waals surface area contributed by atoms with E-state index in [1.807, 2.05) is 44.2 Å². The summed E-state index contributed by atoms with van der Waals surface area (Å²) in [6.45, 7) is 4.43. The van der Waals surface area contributed by atoms with Gasteiger partial charge in [-0.1, -0.05) is 24.3 Å². The SMILES string of the molecule is Cc1ccccc1CNC(=O)c1sc(NC(=O)C2CC2)cc1C. The van der Waals surface area contributed by atoms with Crippen LogP contribution >= 0.6 is 11.3 Å². The molecule has 0 unspecified atom stereocenters. The van der Waals surface area contributed by atoms with Gasteiger partial charge >= 0.3 is 0 Å². The van der Waals surface area contributed by atoms with Crippen molar-refractivity contribution in [2.75, 3.05) is 5.32 Å². The van der Waals surface area contributed by atoms with Crippen LogP contribution in [-0.2, 0) is 11.3 Å². The second-order valence-corrected chi connectivity index (χ2v) is 7.05. The molecule has 1 heterocycles. The van der Waals surface area contributed by atoms with Gasteiger partial charge in [0, 0.05) is 12.5 Å². The fourth-order valence-corrected chi connectivity index (χ4v) is 3.39. The Labute approximate surface area is 139 Å². The standard InChI is InChI=1S/C18H20N2O2S/c1-11-5-3-4-6-14(11)10-19-18(22)16-12(2)9-15(23-16)20-17(21)13-7-8-13/h3-6,9,13H,7-8,10H2,1-2H3,(H,19,22)(H,20,21). The number of thiophene rings is 1. The minimum Gasteiger partial charge on any atom is -0.347 e. The Morgan fingerprint density at radius 3 is 2.61 bits per heavy atom. The van der Waals surface area contributed by atoms with Crippen LogP contribution in [0.4, 0.5) is 5.00 Å². The second-order valence-electron chi connectivity index (χ2n) is 6.00. The van der Waals surface area contributed by atoms with E-state index in [4.69, 9.17) is 0 Å². The lowest BCUT2D eigenvalue weighted by Gasteiger charge is -2.07. The second kappa shape index (κ2) is 6.54. The monoisotopic (exact) mass is 328 g/mol. The van der Waals surface area contributed by atoms with E-state index < -0.39 is 0 Å². The number of benzene rings is 1. The molecule has 1 saturated carbocycles. The van der Waals surface area contributed by atoms with Crippen LogP contribution in [0.2, 0.25) is 0 Å². The number of carbonyl (C=O) groups is 2. The van der Waals surface area contributed by atoms with Crippen molar-refractivity contribution >= 4 is 28.2 Å². The summed E-state index contributed by atoms with van der Waals surface area (Å²) in [5, 5.41) is 6.61. The number of nitrogens with one attached hydrogen (secondary N) is 2.